The molecule has 0 saturated carbocycles. The van der Waals surface area contributed by atoms with Gasteiger partial charge in [0.1, 0.15) is 0 Å². The number of guanidine groups is 1. The summed E-state index contributed by atoms with van der Waals surface area (Å²) < 4.78 is 2.16. The van der Waals surface area contributed by atoms with Gasteiger partial charge in [-0.15, -0.1) is 24.0 Å². The molecule has 5 nitrogen and oxygen atoms in total. The van der Waals surface area contributed by atoms with Crippen LogP contribution >= 0.6 is 24.0 Å². The Morgan fingerprint density at radius 3 is 2.71 bits per heavy atom. The molecule has 1 aromatic heterocycles. The zero-order valence-corrected chi connectivity index (χ0v) is 15.4. The first kappa shape index (κ1) is 18.3. The highest BCUT2D eigenvalue weighted by molar-refractivity contribution is 14.0. The Balaban J connectivity index is 0.00000220. The largest absolute Gasteiger partial charge is 0.356 e. The quantitative estimate of drug-likeness (QED) is 0.445. The van der Waals surface area contributed by atoms with E-state index in [-0.39, 0.29) is 24.0 Å². The SMILES string of the molecule is CN=C(NCCn1cccc1)NCC1CCCN(C)C1.I. The van der Waals surface area contributed by atoms with Gasteiger partial charge in [0.05, 0.1) is 0 Å². The summed E-state index contributed by atoms with van der Waals surface area (Å²) >= 11 is 0. The lowest BCUT2D eigenvalue weighted by molar-refractivity contribution is 0.210. The highest BCUT2D eigenvalue weighted by Crippen LogP contribution is 2.13. The predicted octanol–water partition coefficient (Wildman–Crippen LogP) is 1.61. The average Bonchev–Trinajstić information content (AvgIpc) is 2.96. The lowest BCUT2D eigenvalue weighted by atomic mass is 9.99. The van der Waals surface area contributed by atoms with Crippen LogP contribution in [-0.4, -0.2) is 55.7 Å². The topological polar surface area (TPSA) is 44.6 Å². The molecule has 0 spiro atoms. The Kier molecular flexibility index (Phi) is 8.75. The molecule has 0 bridgehead atoms. The maximum atomic E-state index is 4.28. The monoisotopic (exact) mass is 405 g/mol. The van der Waals surface area contributed by atoms with E-state index >= 15 is 0 Å². The van der Waals surface area contributed by atoms with Crippen molar-refractivity contribution in [3.8, 4) is 0 Å². The van der Waals surface area contributed by atoms with Crippen LogP contribution in [0.2, 0.25) is 0 Å². The molecule has 1 aliphatic rings. The van der Waals surface area contributed by atoms with E-state index in [9.17, 15) is 0 Å². The fourth-order valence-electron chi connectivity index (χ4n) is 2.72. The van der Waals surface area contributed by atoms with Crippen molar-refractivity contribution in [1.29, 1.82) is 0 Å². The number of hydrogen-bond acceptors (Lipinski definition) is 2. The van der Waals surface area contributed by atoms with Gasteiger partial charge in [0, 0.05) is 45.6 Å². The Labute approximate surface area is 145 Å². The van der Waals surface area contributed by atoms with Crippen molar-refractivity contribution in [1.82, 2.24) is 20.1 Å². The second-order valence-corrected chi connectivity index (χ2v) is 5.57. The first-order valence-electron chi connectivity index (χ1n) is 7.51. The highest BCUT2D eigenvalue weighted by Gasteiger charge is 2.16. The number of rotatable bonds is 5. The summed E-state index contributed by atoms with van der Waals surface area (Å²) in [5.41, 5.74) is 0. The van der Waals surface area contributed by atoms with Crippen LogP contribution in [0, 0.1) is 5.92 Å². The molecule has 21 heavy (non-hydrogen) atoms. The Morgan fingerprint density at radius 2 is 2.05 bits per heavy atom. The minimum absolute atomic E-state index is 0. The van der Waals surface area contributed by atoms with Gasteiger partial charge in [-0.3, -0.25) is 4.99 Å². The molecule has 0 radical (unpaired) electrons. The minimum Gasteiger partial charge on any atom is -0.356 e. The van der Waals surface area contributed by atoms with E-state index in [1.807, 2.05) is 19.2 Å². The van der Waals surface area contributed by atoms with Crippen LogP contribution in [0.15, 0.2) is 29.5 Å². The summed E-state index contributed by atoms with van der Waals surface area (Å²) in [5.74, 6) is 1.64. The Morgan fingerprint density at radius 1 is 1.29 bits per heavy atom. The van der Waals surface area contributed by atoms with E-state index in [1.165, 1.54) is 25.9 Å². The normalized spacial score (nSPS) is 19.9. The zero-order valence-electron chi connectivity index (χ0n) is 13.1. The summed E-state index contributed by atoms with van der Waals surface area (Å²) in [5, 5.41) is 6.81. The smallest absolute Gasteiger partial charge is 0.191 e. The number of nitrogens with one attached hydrogen (secondary N) is 2. The molecule has 1 aromatic rings. The zero-order chi connectivity index (χ0) is 14.2. The molecule has 1 aliphatic heterocycles. The fraction of sp³-hybridized carbons (Fsp3) is 0.667. The van der Waals surface area contributed by atoms with E-state index < -0.39 is 0 Å². The van der Waals surface area contributed by atoms with Crippen molar-refractivity contribution in [3.63, 3.8) is 0 Å². The Hall–Kier alpha value is -0.760. The van der Waals surface area contributed by atoms with Crippen LogP contribution in [0.5, 0.6) is 0 Å². The average molecular weight is 405 g/mol. The number of hydrogen-bond donors (Lipinski definition) is 2. The molecule has 0 amide bonds. The minimum atomic E-state index is 0. The molecule has 1 unspecified atom stereocenters. The standard InChI is InChI=1S/C15H27N5.HI/c1-16-15(17-7-11-20-9-3-4-10-20)18-12-14-6-5-8-19(2)13-14;/h3-4,9-10,14H,5-8,11-13H2,1-2H3,(H2,16,17,18);1H. The summed E-state index contributed by atoms with van der Waals surface area (Å²) in [7, 11) is 4.04. The van der Waals surface area contributed by atoms with Crippen LogP contribution in [0.1, 0.15) is 12.8 Å². The summed E-state index contributed by atoms with van der Waals surface area (Å²) in [4.78, 5) is 6.70. The van der Waals surface area contributed by atoms with Crippen LogP contribution in [0.25, 0.3) is 0 Å². The molecule has 2 rings (SSSR count). The van der Waals surface area contributed by atoms with Crippen LogP contribution in [0.3, 0.4) is 0 Å². The van der Waals surface area contributed by atoms with Gasteiger partial charge in [0.15, 0.2) is 5.96 Å². The van der Waals surface area contributed by atoms with Crippen molar-refractivity contribution in [2.75, 3.05) is 40.3 Å². The Bertz CT molecular complexity index is 404. The third-order valence-electron chi connectivity index (χ3n) is 3.83. The van der Waals surface area contributed by atoms with Gasteiger partial charge in [0.2, 0.25) is 0 Å². The third kappa shape index (κ3) is 6.69. The molecule has 2 N–H and O–H groups in total. The van der Waals surface area contributed by atoms with Gasteiger partial charge in [-0.2, -0.15) is 0 Å². The molecular weight excluding hydrogens is 377 g/mol. The van der Waals surface area contributed by atoms with Crippen molar-refractivity contribution in [2.45, 2.75) is 19.4 Å². The van der Waals surface area contributed by atoms with Gasteiger partial charge >= 0.3 is 0 Å². The first-order chi connectivity index (χ1) is 9.78. The van der Waals surface area contributed by atoms with Crippen molar-refractivity contribution >= 4 is 29.9 Å². The van der Waals surface area contributed by atoms with Gasteiger partial charge in [-0.1, -0.05) is 0 Å². The summed E-state index contributed by atoms with van der Waals surface area (Å²) in [6.45, 7) is 5.28. The number of likely N-dealkylation sites (tertiary alicyclic amines) is 1. The van der Waals surface area contributed by atoms with Gasteiger partial charge in [-0.25, -0.2) is 0 Å². The van der Waals surface area contributed by atoms with E-state index in [1.54, 1.807) is 0 Å². The summed E-state index contributed by atoms with van der Waals surface area (Å²) in [6.07, 6.45) is 6.78. The highest BCUT2D eigenvalue weighted by atomic mass is 127. The fourth-order valence-corrected chi connectivity index (χ4v) is 2.72. The van der Waals surface area contributed by atoms with Gasteiger partial charge < -0.3 is 20.1 Å². The number of halogens is 1. The van der Waals surface area contributed by atoms with Gasteiger partial charge in [-0.05, 0) is 44.5 Å². The second kappa shape index (κ2) is 10.0. The molecule has 1 saturated heterocycles. The first-order valence-corrected chi connectivity index (χ1v) is 7.51. The van der Waals surface area contributed by atoms with Crippen molar-refractivity contribution in [2.24, 2.45) is 10.9 Å². The molecule has 120 valence electrons. The van der Waals surface area contributed by atoms with Crippen LogP contribution < -0.4 is 10.6 Å². The maximum absolute atomic E-state index is 4.28. The van der Waals surface area contributed by atoms with E-state index in [2.05, 4.69) is 44.5 Å². The number of aromatic nitrogens is 1. The summed E-state index contributed by atoms with van der Waals surface area (Å²) in [6, 6.07) is 4.10. The van der Waals surface area contributed by atoms with E-state index in [0.29, 0.717) is 0 Å². The van der Waals surface area contributed by atoms with Crippen LogP contribution in [-0.2, 0) is 6.54 Å². The maximum Gasteiger partial charge on any atom is 0.191 e. The lowest BCUT2D eigenvalue weighted by Crippen LogP contribution is -2.44. The third-order valence-corrected chi connectivity index (χ3v) is 3.83. The van der Waals surface area contributed by atoms with E-state index in [0.717, 1.165) is 31.5 Å². The second-order valence-electron chi connectivity index (χ2n) is 5.57. The molecule has 1 atom stereocenters. The molecule has 0 aliphatic carbocycles. The number of piperidine rings is 1. The van der Waals surface area contributed by atoms with Crippen molar-refractivity contribution < 1.29 is 0 Å². The van der Waals surface area contributed by atoms with Crippen molar-refractivity contribution in [3.05, 3.63) is 24.5 Å². The molecule has 2 heterocycles. The number of nitrogens with zero attached hydrogens (tertiary/aromatic N) is 3. The van der Waals surface area contributed by atoms with Gasteiger partial charge in [0.25, 0.3) is 0 Å². The van der Waals surface area contributed by atoms with E-state index in [4.69, 9.17) is 0 Å². The predicted molar refractivity (Wildman–Crippen MR) is 99.4 cm³/mol. The molecule has 1 fully saturated rings. The number of aliphatic imine (C=N–C) groups is 1. The molecular formula is C15H28IN5. The van der Waals surface area contributed by atoms with Crippen LogP contribution in [0.4, 0.5) is 0 Å². The lowest BCUT2D eigenvalue weighted by Gasteiger charge is -2.30. The molecule has 0 aromatic carbocycles. The molecule has 6 heteroatoms.